The van der Waals surface area contributed by atoms with Gasteiger partial charge >= 0.3 is 12.0 Å². The molecule has 28 heavy (non-hydrogen) atoms. The van der Waals surface area contributed by atoms with Crippen molar-refractivity contribution in [1.82, 2.24) is 9.97 Å². The van der Waals surface area contributed by atoms with Gasteiger partial charge in [-0.25, -0.2) is 9.97 Å². The SMILES string of the molecule is CC(C)C1=CC2=CCC3C(C)(C(=O)Oc4ncccn4)CCCC3(C)C2CC1. The van der Waals surface area contributed by atoms with E-state index in [1.165, 1.54) is 24.8 Å². The van der Waals surface area contributed by atoms with Crippen LogP contribution in [0.3, 0.4) is 0 Å². The van der Waals surface area contributed by atoms with Gasteiger partial charge in [0.1, 0.15) is 0 Å². The van der Waals surface area contributed by atoms with Crippen molar-refractivity contribution in [2.24, 2.45) is 28.6 Å². The molecule has 4 heteroatoms. The number of carbonyl (C=O) groups excluding carboxylic acids is 1. The van der Waals surface area contributed by atoms with Gasteiger partial charge in [-0.3, -0.25) is 4.79 Å². The molecule has 1 heterocycles. The fourth-order valence-corrected chi connectivity index (χ4v) is 6.13. The van der Waals surface area contributed by atoms with E-state index in [1.807, 2.05) is 0 Å². The molecule has 0 amide bonds. The molecule has 4 atom stereocenters. The lowest BCUT2D eigenvalue weighted by molar-refractivity contribution is -0.160. The Morgan fingerprint density at radius 3 is 2.68 bits per heavy atom. The zero-order chi connectivity index (χ0) is 19.9. The molecule has 0 radical (unpaired) electrons. The molecule has 4 rings (SSSR count). The highest BCUT2D eigenvalue weighted by Crippen LogP contribution is 2.62. The quantitative estimate of drug-likeness (QED) is 0.648. The second-order valence-electron chi connectivity index (χ2n) is 9.66. The number of fused-ring (bicyclic) bond motifs is 3. The molecule has 0 aliphatic heterocycles. The summed E-state index contributed by atoms with van der Waals surface area (Å²) in [4.78, 5) is 21.4. The summed E-state index contributed by atoms with van der Waals surface area (Å²) in [6.07, 6.45) is 14.6. The van der Waals surface area contributed by atoms with Gasteiger partial charge in [-0.05, 0) is 73.8 Å². The lowest BCUT2D eigenvalue weighted by atomic mass is 9.47. The predicted molar refractivity (Wildman–Crippen MR) is 110 cm³/mol. The molecule has 0 N–H and O–H groups in total. The van der Waals surface area contributed by atoms with Gasteiger partial charge in [0.15, 0.2) is 0 Å². The molecule has 4 nitrogen and oxygen atoms in total. The van der Waals surface area contributed by atoms with E-state index in [-0.39, 0.29) is 17.4 Å². The average Bonchev–Trinajstić information content (AvgIpc) is 2.68. The Kier molecular flexibility index (Phi) is 4.93. The smallest absolute Gasteiger partial charge is 0.324 e. The number of hydrogen-bond acceptors (Lipinski definition) is 4. The monoisotopic (exact) mass is 380 g/mol. The molecular formula is C24H32N2O2. The van der Waals surface area contributed by atoms with Crippen molar-refractivity contribution in [1.29, 1.82) is 0 Å². The number of hydrogen-bond donors (Lipinski definition) is 0. The van der Waals surface area contributed by atoms with Crippen LogP contribution < -0.4 is 4.74 Å². The number of aromatic nitrogens is 2. The van der Waals surface area contributed by atoms with Crippen molar-refractivity contribution in [3.8, 4) is 6.01 Å². The second kappa shape index (κ2) is 7.13. The molecular weight excluding hydrogens is 348 g/mol. The maximum Gasteiger partial charge on any atom is 0.324 e. The summed E-state index contributed by atoms with van der Waals surface area (Å²) in [6, 6.07) is 1.89. The summed E-state index contributed by atoms with van der Waals surface area (Å²) in [6.45, 7) is 9.11. The molecule has 0 saturated heterocycles. The Hall–Kier alpha value is -1.97. The van der Waals surface area contributed by atoms with Gasteiger partial charge in [-0.1, -0.05) is 44.9 Å². The highest BCUT2D eigenvalue weighted by atomic mass is 16.5. The average molecular weight is 381 g/mol. The van der Waals surface area contributed by atoms with Crippen LogP contribution in [-0.2, 0) is 4.79 Å². The highest BCUT2D eigenvalue weighted by Gasteiger charge is 2.57. The topological polar surface area (TPSA) is 52.1 Å². The van der Waals surface area contributed by atoms with Crippen molar-refractivity contribution in [2.45, 2.75) is 66.2 Å². The first-order valence-electron chi connectivity index (χ1n) is 10.7. The van der Waals surface area contributed by atoms with Crippen LogP contribution in [0.15, 0.2) is 41.8 Å². The molecule has 3 aliphatic carbocycles. The summed E-state index contributed by atoms with van der Waals surface area (Å²) >= 11 is 0. The van der Waals surface area contributed by atoms with Crippen LogP contribution in [-0.4, -0.2) is 15.9 Å². The minimum Gasteiger partial charge on any atom is -0.390 e. The summed E-state index contributed by atoms with van der Waals surface area (Å²) in [5.41, 5.74) is 2.74. The Labute approximate surface area is 168 Å². The molecule has 1 saturated carbocycles. The minimum absolute atomic E-state index is 0.145. The van der Waals surface area contributed by atoms with Gasteiger partial charge in [0, 0.05) is 12.4 Å². The normalized spacial score (nSPS) is 34.8. The van der Waals surface area contributed by atoms with Crippen LogP contribution in [0.1, 0.15) is 66.2 Å². The van der Waals surface area contributed by atoms with Crippen molar-refractivity contribution in [3.05, 3.63) is 41.8 Å². The van der Waals surface area contributed by atoms with Crippen LogP contribution in [0.4, 0.5) is 0 Å². The number of esters is 1. The van der Waals surface area contributed by atoms with Crippen molar-refractivity contribution in [2.75, 3.05) is 0 Å². The van der Waals surface area contributed by atoms with Gasteiger partial charge in [-0.15, -0.1) is 0 Å². The molecule has 1 fully saturated rings. The third kappa shape index (κ3) is 3.11. The summed E-state index contributed by atoms with van der Waals surface area (Å²) in [5, 5.41) is 0. The van der Waals surface area contributed by atoms with Gasteiger partial charge in [0.25, 0.3) is 0 Å². The van der Waals surface area contributed by atoms with Crippen molar-refractivity contribution >= 4 is 5.97 Å². The summed E-state index contributed by atoms with van der Waals surface area (Å²) < 4.78 is 5.64. The third-order valence-corrected chi connectivity index (χ3v) is 7.77. The van der Waals surface area contributed by atoms with Crippen LogP contribution in [0.2, 0.25) is 0 Å². The second-order valence-corrected chi connectivity index (χ2v) is 9.66. The number of allylic oxidation sites excluding steroid dienone is 4. The zero-order valence-electron chi connectivity index (χ0n) is 17.6. The fraction of sp³-hybridized carbons (Fsp3) is 0.625. The molecule has 0 spiro atoms. The first kappa shape index (κ1) is 19.4. The maximum absolute atomic E-state index is 13.3. The van der Waals surface area contributed by atoms with Crippen LogP contribution >= 0.6 is 0 Å². The van der Waals surface area contributed by atoms with E-state index in [1.54, 1.807) is 24.0 Å². The molecule has 1 aromatic rings. The molecule has 4 unspecified atom stereocenters. The zero-order valence-corrected chi connectivity index (χ0v) is 17.6. The van der Waals surface area contributed by atoms with Crippen molar-refractivity contribution < 1.29 is 9.53 Å². The molecule has 3 aliphatic rings. The molecule has 1 aromatic heterocycles. The van der Waals surface area contributed by atoms with E-state index < -0.39 is 5.41 Å². The first-order valence-corrected chi connectivity index (χ1v) is 10.7. The first-order chi connectivity index (χ1) is 13.3. The van der Waals surface area contributed by atoms with E-state index >= 15 is 0 Å². The van der Waals surface area contributed by atoms with E-state index in [9.17, 15) is 4.79 Å². The molecule has 0 bridgehead atoms. The molecule has 0 aromatic carbocycles. The van der Waals surface area contributed by atoms with Crippen LogP contribution in [0, 0.1) is 28.6 Å². The standard InChI is InChI=1S/C24H32N2O2/c1-16(2)17-7-9-19-18(15-17)8-10-20-23(19,3)11-5-12-24(20,4)21(27)28-22-25-13-6-14-26-22/h6,8,13-16,19-20H,5,7,9-12H2,1-4H3. The van der Waals surface area contributed by atoms with E-state index in [2.05, 4.69) is 49.8 Å². The van der Waals surface area contributed by atoms with E-state index in [0.717, 1.165) is 19.3 Å². The fourth-order valence-electron chi connectivity index (χ4n) is 6.13. The number of carbonyl (C=O) groups is 1. The van der Waals surface area contributed by atoms with E-state index in [0.29, 0.717) is 17.8 Å². The van der Waals surface area contributed by atoms with Gasteiger partial charge in [-0.2, -0.15) is 0 Å². The van der Waals surface area contributed by atoms with Crippen molar-refractivity contribution in [3.63, 3.8) is 0 Å². The highest BCUT2D eigenvalue weighted by molar-refractivity contribution is 5.79. The van der Waals surface area contributed by atoms with Gasteiger partial charge in [0.05, 0.1) is 5.41 Å². The lowest BCUT2D eigenvalue weighted by Gasteiger charge is -2.57. The number of rotatable bonds is 3. The maximum atomic E-state index is 13.3. The van der Waals surface area contributed by atoms with Crippen LogP contribution in [0.25, 0.3) is 0 Å². The Balaban J connectivity index is 1.64. The summed E-state index contributed by atoms with van der Waals surface area (Å²) in [5.74, 6) is 1.30. The Morgan fingerprint density at radius 1 is 1.21 bits per heavy atom. The summed E-state index contributed by atoms with van der Waals surface area (Å²) in [7, 11) is 0. The van der Waals surface area contributed by atoms with Crippen LogP contribution in [0.5, 0.6) is 6.01 Å². The number of nitrogens with zero attached hydrogens (tertiary/aromatic N) is 2. The Morgan fingerprint density at radius 2 is 1.96 bits per heavy atom. The van der Waals surface area contributed by atoms with Gasteiger partial charge < -0.3 is 4.74 Å². The predicted octanol–water partition coefficient (Wildman–Crippen LogP) is 5.52. The largest absolute Gasteiger partial charge is 0.390 e. The minimum atomic E-state index is -0.490. The Bertz CT molecular complexity index is 813. The van der Waals surface area contributed by atoms with E-state index in [4.69, 9.17) is 4.74 Å². The number of ether oxygens (including phenoxy) is 1. The lowest BCUT2D eigenvalue weighted by Crippen LogP contribution is -2.54. The third-order valence-electron chi connectivity index (χ3n) is 7.77. The molecule has 150 valence electrons. The van der Waals surface area contributed by atoms with Gasteiger partial charge in [0.2, 0.25) is 0 Å².